The summed E-state index contributed by atoms with van der Waals surface area (Å²) < 4.78 is 35.2. The zero-order valence-electron chi connectivity index (χ0n) is 10.6. The van der Waals surface area contributed by atoms with Gasteiger partial charge in [-0.3, -0.25) is 9.79 Å². The average Bonchev–Trinajstić information content (AvgIpc) is 3.01. The van der Waals surface area contributed by atoms with E-state index in [0.717, 1.165) is 16.7 Å². The molecule has 0 spiro atoms. The minimum Gasteiger partial charge on any atom is -0.395 e. The molecule has 2 heterocycles. The summed E-state index contributed by atoms with van der Waals surface area (Å²) in [6.45, 7) is 0.783. The van der Waals surface area contributed by atoms with Gasteiger partial charge in [-0.1, -0.05) is 23.5 Å². The van der Waals surface area contributed by atoms with Gasteiger partial charge in [0.05, 0.1) is 12.3 Å². The van der Waals surface area contributed by atoms with E-state index in [1.54, 1.807) is 11.8 Å². The van der Waals surface area contributed by atoms with Crippen molar-refractivity contribution < 1.29 is 23.0 Å². The van der Waals surface area contributed by atoms with Crippen LogP contribution in [0.5, 0.6) is 11.5 Å². The zero-order valence-corrected chi connectivity index (χ0v) is 12.2. The van der Waals surface area contributed by atoms with Gasteiger partial charge in [0.2, 0.25) is 5.91 Å². The lowest BCUT2D eigenvalue weighted by Gasteiger charge is -2.05. The summed E-state index contributed by atoms with van der Waals surface area (Å²) in [5.74, 6) is 0.780. The van der Waals surface area contributed by atoms with E-state index in [1.807, 2.05) is 0 Å². The van der Waals surface area contributed by atoms with Gasteiger partial charge in [0.1, 0.15) is 4.38 Å². The van der Waals surface area contributed by atoms with Crippen LogP contribution in [0.25, 0.3) is 0 Å². The Morgan fingerprint density at radius 3 is 3.00 bits per heavy atom. The fourth-order valence-corrected chi connectivity index (χ4v) is 3.56. The lowest BCUT2D eigenvalue weighted by atomic mass is 10.3. The van der Waals surface area contributed by atoms with Gasteiger partial charge < -0.3 is 14.8 Å². The summed E-state index contributed by atoms with van der Waals surface area (Å²) in [5.41, 5.74) is 0.377. The fourth-order valence-electron chi connectivity index (χ4n) is 1.75. The highest BCUT2D eigenvalue weighted by Gasteiger charge is 2.43. The van der Waals surface area contributed by atoms with Crippen molar-refractivity contribution in [2.24, 2.45) is 4.99 Å². The maximum Gasteiger partial charge on any atom is 0.586 e. The van der Waals surface area contributed by atoms with Crippen LogP contribution in [0.4, 0.5) is 14.5 Å². The van der Waals surface area contributed by atoms with Crippen molar-refractivity contribution in [3.05, 3.63) is 18.2 Å². The summed E-state index contributed by atoms with van der Waals surface area (Å²) in [4.78, 5) is 16.0. The molecule has 5 nitrogen and oxygen atoms in total. The van der Waals surface area contributed by atoms with E-state index in [0.29, 0.717) is 5.69 Å². The number of alkyl halides is 2. The fraction of sp³-hybridized carbons (Fsp3) is 0.333. The smallest absolute Gasteiger partial charge is 0.395 e. The highest BCUT2D eigenvalue weighted by atomic mass is 32.2. The molecule has 112 valence electrons. The second-order valence-electron chi connectivity index (χ2n) is 4.16. The van der Waals surface area contributed by atoms with Crippen LogP contribution < -0.4 is 14.8 Å². The number of aliphatic imine (C=N–C) groups is 1. The Morgan fingerprint density at radius 2 is 2.24 bits per heavy atom. The van der Waals surface area contributed by atoms with Crippen LogP contribution >= 0.6 is 23.5 Å². The molecule has 0 bridgehead atoms. The van der Waals surface area contributed by atoms with E-state index in [2.05, 4.69) is 19.8 Å². The first-order valence-corrected chi connectivity index (χ1v) is 7.99. The highest BCUT2D eigenvalue weighted by Crippen LogP contribution is 2.42. The number of halogens is 2. The lowest BCUT2D eigenvalue weighted by Crippen LogP contribution is -2.25. The van der Waals surface area contributed by atoms with Crippen LogP contribution in [0.2, 0.25) is 0 Å². The van der Waals surface area contributed by atoms with Gasteiger partial charge in [-0.15, -0.1) is 8.78 Å². The summed E-state index contributed by atoms with van der Waals surface area (Å²) in [6, 6.07) is 4.12. The molecule has 0 radical (unpaired) electrons. The molecule has 1 N–H and O–H groups in total. The minimum atomic E-state index is -3.65. The molecule has 9 heteroatoms. The number of fused-ring (bicyclic) bond motifs is 1. The van der Waals surface area contributed by atoms with Gasteiger partial charge in [0, 0.05) is 17.5 Å². The molecule has 1 amide bonds. The topological polar surface area (TPSA) is 59.9 Å². The third-order valence-corrected chi connectivity index (χ3v) is 4.82. The molecule has 0 aromatic heterocycles. The third kappa shape index (κ3) is 3.59. The lowest BCUT2D eigenvalue weighted by molar-refractivity contribution is -0.286. The van der Waals surface area contributed by atoms with E-state index in [4.69, 9.17) is 0 Å². The van der Waals surface area contributed by atoms with Crippen LogP contribution in [0.1, 0.15) is 0 Å². The Hall–Kier alpha value is -1.48. The van der Waals surface area contributed by atoms with Crippen molar-refractivity contribution >= 4 is 39.5 Å². The molecular formula is C12H10F2N2O3S2. The predicted molar refractivity (Wildman–Crippen MR) is 78.5 cm³/mol. The zero-order chi connectivity index (χ0) is 14.9. The Balaban J connectivity index is 1.57. The molecule has 0 aliphatic carbocycles. The molecule has 0 saturated heterocycles. The number of amides is 1. The first-order chi connectivity index (χ1) is 10.0. The van der Waals surface area contributed by atoms with E-state index in [-0.39, 0.29) is 23.2 Å². The maximum atomic E-state index is 12.9. The van der Waals surface area contributed by atoms with Crippen LogP contribution in [0.3, 0.4) is 0 Å². The molecular weight excluding hydrogens is 322 g/mol. The number of carbonyl (C=O) groups excluding carboxylic acids is 1. The quantitative estimate of drug-likeness (QED) is 0.922. The summed E-state index contributed by atoms with van der Waals surface area (Å²) in [6.07, 6.45) is -3.65. The van der Waals surface area contributed by atoms with E-state index in [9.17, 15) is 13.6 Å². The molecule has 1 aromatic carbocycles. The second-order valence-corrected chi connectivity index (χ2v) is 6.47. The molecule has 0 fully saturated rings. The molecule has 0 saturated carbocycles. The maximum absolute atomic E-state index is 12.9. The Bertz CT molecular complexity index is 610. The van der Waals surface area contributed by atoms with Crippen LogP contribution in [-0.4, -0.2) is 34.6 Å². The van der Waals surface area contributed by atoms with Crippen molar-refractivity contribution in [1.29, 1.82) is 0 Å². The normalized spacial score (nSPS) is 18.5. The van der Waals surface area contributed by atoms with Crippen molar-refractivity contribution in [3.8, 4) is 11.5 Å². The van der Waals surface area contributed by atoms with E-state index in [1.165, 1.54) is 30.0 Å². The van der Waals surface area contributed by atoms with Crippen molar-refractivity contribution in [2.45, 2.75) is 6.29 Å². The van der Waals surface area contributed by atoms with Gasteiger partial charge in [-0.05, 0) is 12.1 Å². The first-order valence-electron chi connectivity index (χ1n) is 6.02. The van der Waals surface area contributed by atoms with Crippen molar-refractivity contribution in [1.82, 2.24) is 0 Å². The molecule has 1 aromatic rings. The van der Waals surface area contributed by atoms with Gasteiger partial charge >= 0.3 is 6.29 Å². The summed E-state index contributed by atoms with van der Waals surface area (Å²) >= 11 is 2.98. The number of thioether (sulfide) groups is 2. The number of carbonyl (C=O) groups is 1. The Morgan fingerprint density at radius 1 is 1.43 bits per heavy atom. The standard InChI is InChI=1S/C12H10F2N2O3S2/c13-12(14)18-8-2-1-7(5-9(8)19-12)16-10(17)6-21-11-15-3-4-20-11/h1-2,5H,3-4,6H2,(H,16,17). The predicted octanol–water partition coefficient (Wildman–Crippen LogP) is 2.78. The number of hydrogen-bond acceptors (Lipinski definition) is 6. The van der Waals surface area contributed by atoms with E-state index < -0.39 is 6.29 Å². The molecule has 2 aliphatic heterocycles. The van der Waals surface area contributed by atoms with Crippen LogP contribution in [0.15, 0.2) is 23.2 Å². The largest absolute Gasteiger partial charge is 0.586 e. The SMILES string of the molecule is O=C(CSC1=NCCS1)Nc1ccc2c(c1)OC(F)(F)O2. The number of nitrogens with one attached hydrogen (secondary N) is 1. The van der Waals surface area contributed by atoms with Crippen LogP contribution in [0, 0.1) is 0 Å². The second kappa shape index (κ2) is 5.72. The molecule has 3 rings (SSSR count). The van der Waals surface area contributed by atoms with Crippen molar-refractivity contribution in [2.75, 3.05) is 23.4 Å². The van der Waals surface area contributed by atoms with Gasteiger partial charge in [-0.2, -0.15) is 0 Å². The minimum absolute atomic E-state index is 0.0518. The number of hydrogen-bond donors (Lipinski definition) is 1. The molecule has 21 heavy (non-hydrogen) atoms. The van der Waals surface area contributed by atoms with Gasteiger partial charge in [0.25, 0.3) is 0 Å². The Kier molecular flexibility index (Phi) is 3.94. The molecule has 2 aliphatic rings. The number of benzene rings is 1. The van der Waals surface area contributed by atoms with Gasteiger partial charge in [0.15, 0.2) is 11.5 Å². The third-order valence-electron chi connectivity index (χ3n) is 2.57. The molecule has 0 unspecified atom stereocenters. The number of rotatable bonds is 3. The first kappa shape index (κ1) is 14.5. The van der Waals surface area contributed by atoms with E-state index >= 15 is 0 Å². The van der Waals surface area contributed by atoms with Crippen molar-refractivity contribution in [3.63, 3.8) is 0 Å². The number of ether oxygens (including phenoxy) is 2. The highest BCUT2D eigenvalue weighted by molar-refractivity contribution is 8.39. The number of anilines is 1. The summed E-state index contributed by atoms with van der Waals surface area (Å²) in [7, 11) is 0. The monoisotopic (exact) mass is 332 g/mol. The van der Waals surface area contributed by atoms with Gasteiger partial charge in [-0.25, -0.2) is 0 Å². The molecule has 0 atom stereocenters. The number of nitrogens with zero attached hydrogens (tertiary/aromatic N) is 1. The Labute approximate surface area is 127 Å². The average molecular weight is 332 g/mol. The van der Waals surface area contributed by atoms with Crippen LogP contribution in [-0.2, 0) is 4.79 Å². The summed E-state index contributed by atoms with van der Waals surface area (Å²) in [5, 5.41) is 2.62.